The molecule has 0 saturated carbocycles. The molecule has 2 atom stereocenters. The van der Waals surface area contributed by atoms with E-state index in [1.807, 2.05) is 20.8 Å². The summed E-state index contributed by atoms with van der Waals surface area (Å²) in [4.78, 5) is 4.86. The van der Waals surface area contributed by atoms with E-state index in [0.29, 0.717) is 19.1 Å². The lowest BCUT2D eigenvalue weighted by molar-refractivity contribution is 0.164. The Morgan fingerprint density at radius 2 is 1.70 bits per heavy atom. The Balaban J connectivity index is 3.27. The first-order valence-corrected chi connectivity index (χ1v) is 9.19. The van der Waals surface area contributed by atoms with E-state index in [1.165, 1.54) is 0 Å². The molecule has 0 radical (unpaired) electrons. The summed E-state index contributed by atoms with van der Waals surface area (Å²) in [5.74, 6) is 0.410. The second-order valence-electron chi connectivity index (χ2n) is 6.33. The Hall–Kier alpha value is -0.180. The number of rotatable bonds is 7. The molecular weight excluding hydrogens is 273 g/mol. The van der Waals surface area contributed by atoms with Gasteiger partial charge < -0.3 is 9.05 Å². The average molecular weight is 303 g/mol. The van der Waals surface area contributed by atoms with Gasteiger partial charge in [0.25, 0.3) is 0 Å². The van der Waals surface area contributed by atoms with Crippen LogP contribution in [0.5, 0.6) is 0 Å². The van der Waals surface area contributed by atoms with Gasteiger partial charge in [-0.3, -0.25) is 9.56 Å². The third kappa shape index (κ3) is 2.88. The molecule has 0 aromatic rings. The zero-order chi connectivity index (χ0) is 15.6. The zero-order valence-electron chi connectivity index (χ0n) is 14.0. The van der Waals surface area contributed by atoms with Crippen LogP contribution in [0.2, 0.25) is 0 Å². The minimum atomic E-state index is -3.28. The van der Waals surface area contributed by atoms with Gasteiger partial charge in [0, 0.05) is 11.1 Å². The van der Waals surface area contributed by atoms with Crippen LogP contribution in [0.25, 0.3) is 0 Å². The Kier molecular flexibility index (Phi) is 5.62. The maximum atomic E-state index is 13.3. The molecule has 0 fully saturated rings. The number of aliphatic imine (C=N–C) groups is 1. The second-order valence-corrected chi connectivity index (χ2v) is 8.71. The van der Waals surface area contributed by atoms with Crippen molar-refractivity contribution >= 4 is 13.3 Å². The molecule has 1 rings (SSSR count). The highest BCUT2D eigenvalue weighted by Gasteiger charge is 2.60. The van der Waals surface area contributed by atoms with E-state index in [-0.39, 0.29) is 5.41 Å². The quantitative estimate of drug-likeness (QED) is 0.629. The predicted molar refractivity (Wildman–Crippen MR) is 84.6 cm³/mol. The van der Waals surface area contributed by atoms with Crippen molar-refractivity contribution in [2.75, 3.05) is 13.2 Å². The molecule has 5 heteroatoms. The van der Waals surface area contributed by atoms with Crippen LogP contribution in [0.3, 0.4) is 0 Å². The van der Waals surface area contributed by atoms with Crippen molar-refractivity contribution in [1.29, 1.82) is 0 Å². The molecule has 0 N–H and O–H groups in total. The molecule has 20 heavy (non-hydrogen) atoms. The molecule has 0 bridgehead atoms. The summed E-state index contributed by atoms with van der Waals surface area (Å²) in [7, 11) is -3.28. The topological polar surface area (TPSA) is 47.9 Å². The summed E-state index contributed by atoms with van der Waals surface area (Å²) >= 11 is 0. The molecule has 4 nitrogen and oxygen atoms in total. The van der Waals surface area contributed by atoms with Crippen LogP contribution in [0.4, 0.5) is 0 Å². The van der Waals surface area contributed by atoms with Crippen LogP contribution < -0.4 is 0 Å². The van der Waals surface area contributed by atoms with E-state index in [9.17, 15) is 4.57 Å². The van der Waals surface area contributed by atoms with Gasteiger partial charge in [-0.15, -0.1) is 0 Å². The van der Waals surface area contributed by atoms with Crippen LogP contribution in [0.1, 0.15) is 61.3 Å². The third-order valence-corrected chi connectivity index (χ3v) is 7.55. The van der Waals surface area contributed by atoms with Crippen LogP contribution in [0.15, 0.2) is 4.99 Å². The number of hydrogen-bond acceptors (Lipinski definition) is 4. The Morgan fingerprint density at radius 1 is 1.20 bits per heavy atom. The zero-order valence-corrected chi connectivity index (χ0v) is 14.9. The fraction of sp³-hybridized carbons (Fsp3) is 0.933. The summed E-state index contributed by atoms with van der Waals surface area (Å²) in [6, 6.07) is 0. The lowest BCUT2D eigenvalue weighted by Crippen LogP contribution is -2.37. The molecule has 1 aliphatic rings. The van der Waals surface area contributed by atoms with Gasteiger partial charge in [-0.1, -0.05) is 27.7 Å². The summed E-state index contributed by atoms with van der Waals surface area (Å²) < 4.78 is 24.4. The summed E-state index contributed by atoms with van der Waals surface area (Å²) in [6.45, 7) is 14.9. The van der Waals surface area contributed by atoms with Crippen LogP contribution in [0, 0.1) is 11.3 Å². The Labute approximate surface area is 123 Å². The highest BCUT2D eigenvalue weighted by atomic mass is 31.2. The fourth-order valence-electron chi connectivity index (χ4n) is 2.67. The van der Waals surface area contributed by atoms with Crippen molar-refractivity contribution in [3.8, 4) is 0 Å². The monoisotopic (exact) mass is 303 g/mol. The van der Waals surface area contributed by atoms with E-state index in [2.05, 4.69) is 27.7 Å². The summed E-state index contributed by atoms with van der Waals surface area (Å²) in [6.07, 6.45) is 1.89. The Bertz CT molecular complexity index is 409. The molecule has 0 saturated heterocycles. The Morgan fingerprint density at radius 3 is 2.10 bits per heavy atom. The number of nitrogens with zero attached hydrogens (tertiary/aromatic N) is 1. The van der Waals surface area contributed by atoms with Gasteiger partial charge in [0.2, 0.25) is 0 Å². The van der Waals surface area contributed by atoms with E-state index in [4.69, 9.17) is 14.0 Å². The maximum Gasteiger partial charge on any atom is 0.358 e. The molecule has 0 amide bonds. The van der Waals surface area contributed by atoms with Gasteiger partial charge in [0.15, 0.2) is 5.28 Å². The van der Waals surface area contributed by atoms with E-state index >= 15 is 0 Å². The first-order chi connectivity index (χ1) is 9.17. The predicted octanol–water partition coefficient (Wildman–Crippen LogP) is 4.89. The maximum absolute atomic E-state index is 13.3. The van der Waals surface area contributed by atoms with Gasteiger partial charge in [0.1, 0.15) is 0 Å². The van der Waals surface area contributed by atoms with E-state index in [0.717, 1.165) is 18.6 Å². The van der Waals surface area contributed by atoms with Crippen LogP contribution in [-0.4, -0.2) is 24.2 Å². The smallest absolute Gasteiger partial charge is 0.307 e. The second kappa shape index (κ2) is 6.29. The van der Waals surface area contributed by atoms with E-state index < -0.39 is 12.9 Å². The molecule has 1 aliphatic heterocycles. The number of hydrogen-bond donors (Lipinski definition) is 0. The molecule has 0 aromatic heterocycles. The molecule has 0 spiro atoms. The third-order valence-electron chi connectivity index (χ3n) is 4.58. The standard InChI is InChI=1S/C15H30NO3P/c1-8-12(4)13-11-14(5,6)15(7,16-13)20(17,18-9-2)19-10-3/h12H,8-11H2,1-7H3. The van der Waals surface area contributed by atoms with Crippen LogP contribution >= 0.6 is 7.60 Å². The van der Waals surface area contributed by atoms with Gasteiger partial charge in [-0.2, -0.15) is 0 Å². The lowest BCUT2D eigenvalue weighted by atomic mass is 9.81. The van der Waals surface area contributed by atoms with Gasteiger partial charge in [-0.25, -0.2) is 0 Å². The first-order valence-electron chi connectivity index (χ1n) is 7.65. The van der Waals surface area contributed by atoms with Gasteiger partial charge in [0.05, 0.1) is 13.2 Å². The highest BCUT2D eigenvalue weighted by molar-refractivity contribution is 7.55. The van der Waals surface area contributed by atoms with Crippen molar-refractivity contribution in [1.82, 2.24) is 0 Å². The molecule has 0 aliphatic carbocycles. The van der Waals surface area contributed by atoms with Crippen molar-refractivity contribution in [3.63, 3.8) is 0 Å². The largest absolute Gasteiger partial charge is 0.358 e. The SMILES string of the molecule is CCOP(=O)(OCC)C1(C)N=C(C(C)CC)CC1(C)C. The minimum Gasteiger partial charge on any atom is -0.307 e. The van der Waals surface area contributed by atoms with Crippen molar-refractivity contribution in [3.05, 3.63) is 0 Å². The van der Waals surface area contributed by atoms with E-state index in [1.54, 1.807) is 0 Å². The first kappa shape index (κ1) is 17.9. The summed E-state index contributed by atoms with van der Waals surface area (Å²) in [5, 5.41) is -0.801. The lowest BCUT2D eigenvalue weighted by Gasteiger charge is -2.40. The van der Waals surface area contributed by atoms with Crippen molar-refractivity contribution in [2.45, 2.75) is 66.6 Å². The molecule has 0 aromatic carbocycles. The molecule has 1 heterocycles. The normalized spacial score (nSPS) is 27.4. The molecular formula is C15H30NO3P. The average Bonchev–Trinajstić information content (AvgIpc) is 2.61. The fourth-order valence-corrected chi connectivity index (χ4v) is 5.00. The van der Waals surface area contributed by atoms with Crippen molar-refractivity contribution < 1.29 is 13.6 Å². The van der Waals surface area contributed by atoms with Crippen molar-refractivity contribution in [2.24, 2.45) is 16.3 Å². The van der Waals surface area contributed by atoms with Crippen LogP contribution in [-0.2, 0) is 13.6 Å². The summed E-state index contributed by atoms with van der Waals surface area (Å²) in [5.41, 5.74) is 0.908. The highest BCUT2D eigenvalue weighted by Crippen LogP contribution is 2.69. The van der Waals surface area contributed by atoms with Gasteiger partial charge >= 0.3 is 7.60 Å². The van der Waals surface area contributed by atoms with Gasteiger partial charge in [-0.05, 0) is 39.5 Å². The molecule has 2 unspecified atom stereocenters. The minimum absolute atomic E-state index is 0.231. The molecule has 118 valence electrons.